The average Bonchev–Trinajstić information content (AvgIpc) is 3.27. The lowest BCUT2D eigenvalue weighted by atomic mass is 9.99. The van der Waals surface area contributed by atoms with Crippen LogP contribution < -0.4 is 16.3 Å². The first-order valence-electron chi connectivity index (χ1n) is 11.9. The predicted octanol–water partition coefficient (Wildman–Crippen LogP) is 6.34. The third-order valence-corrected chi connectivity index (χ3v) is 7.19. The van der Waals surface area contributed by atoms with Crippen LogP contribution in [0, 0.1) is 0 Å². The maximum atomic E-state index is 13.9. The van der Waals surface area contributed by atoms with Crippen LogP contribution in [0.25, 0.3) is 5.69 Å². The Kier molecular flexibility index (Phi) is 6.83. The van der Waals surface area contributed by atoms with Crippen molar-refractivity contribution in [1.29, 1.82) is 0 Å². The van der Waals surface area contributed by atoms with E-state index >= 15 is 0 Å². The summed E-state index contributed by atoms with van der Waals surface area (Å²) in [6.45, 7) is 3.02. The number of rotatable bonds is 5. The number of nitrogens with zero attached hydrogens (tertiary/aromatic N) is 4. The van der Waals surface area contributed by atoms with Crippen molar-refractivity contribution in [1.82, 2.24) is 14.2 Å². The SMILES string of the molecule is CC1(C)[C@H](n2oc(=O)n(-c3cccc(Cl)c3)c2=O)N(c2cccc(Cl)c2)C(=O)N1Cc1cccc(C(F)(F)F)c1. The molecule has 0 N–H and O–H groups in total. The highest BCUT2D eigenvalue weighted by Crippen LogP contribution is 2.43. The van der Waals surface area contributed by atoms with Crippen molar-refractivity contribution in [2.75, 3.05) is 4.90 Å². The van der Waals surface area contributed by atoms with Crippen LogP contribution in [0.15, 0.2) is 86.9 Å². The summed E-state index contributed by atoms with van der Waals surface area (Å²) in [5, 5.41) is 0.573. The second kappa shape index (κ2) is 9.90. The van der Waals surface area contributed by atoms with E-state index in [0.29, 0.717) is 5.02 Å². The molecule has 5 rings (SSSR count). The Hall–Kier alpha value is -3.96. The summed E-state index contributed by atoms with van der Waals surface area (Å²) in [7, 11) is 0. The van der Waals surface area contributed by atoms with Crippen molar-refractivity contribution in [3.05, 3.63) is 115 Å². The zero-order valence-electron chi connectivity index (χ0n) is 21.0. The number of hydrogen-bond acceptors (Lipinski definition) is 4. The first-order chi connectivity index (χ1) is 18.8. The third-order valence-electron chi connectivity index (χ3n) is 6.72. The molecule has 1 saturated heterocycles. The molecule has 1 aliphatic rings. The van der Waals surface area contributed by atoms with Gasteiger partial charge in [-0.15, -0.1) is 4.74 Å². The highest BCUT2D eigenvalue weighted by atomic mass is 35.5. The lowest BCUT2D eigenvalue weighted by Gasteiger charge is -2.34. The molecule has 0 spiro atoms. The standard InChI is InChI=1S/C27H21Cl2F3N4O4/c1-26(2)22(36-24(38)35(25(39)40-36)21-11-5-9-19(29)14-21)34(20-10-4-8-18(28)13-20)23(37)33(26)15-16-6-3-7-17(12-16)27(30,31)32/h3-14,22H,15H2,1-2H3/t22-/m0/s1. The summed E-state index contributed by atoms with van der Waals surface area (Å²) >= 11 is 12.3. The molecule has 13 heteroatoms. The Morgan fingerprint density at radius 3 is 2.10 bits per heavy atom. The van der Waals surface area contributed by atoms with E-state index in [0.717, 1.165) is 21.4 Å². The number of halogens is 5. The molecule has 1 atom stereocenters. The van der Waals surface area contributed by atoms with Gasteiger partial charge in [-0.1, -0.05) is 47.5 Å². The van der Waals surface area contributed by atoms with Crippen molar-refractivity contribution in [2.45, 2.75) is 38.3 Å². The van der Waals surface area contributed by atoms with Gasteiger partial charge >= 0.3 is 23.7 Å². The van der Waals surface area contributed by atoms with Gasteiger partial charge in [0.25, 0.3) is 0 Å². The van der Waals surface area contributed by atoms with E-state index in [1.165, 1.54) is 40.1 Å². The van der Waals surface area contributed by atoms with Crippen LogP contribution in [0.5, 0.6) is 0 Å². The Bertz CT molecular complexity index is 1730. The highest BCUT2D eigenvalue weighted by molar-refractivity contribution is 6.31. The van der Waals surface area contributed by atoms with Gasteiger partial charge in [-0.2, -0.15) is 17.7 Å². The second-order valence-corrected chi connectivity index (χ2v) is 10.6. The van der Waals surface area contributed by atoms with Gasteiger partial charge in [-0.05, 0) is 67.9 Å². The zero-order valence-corrected chi connectivity index (χ0v) is 22.5. The van der Waals surface area contributed by atoms with Crippen molar-refractivity contribution >= 4 is 34.9 Å². The maximum absolute atomic E-state index is 13.9. The Morgan fingerprint density at radius 1 is 0.875 bits per heavy atom. The van der Waals surface area contributed by atoms with E-state index in [4.69, 9.17) is 27.7 Å². The number of urea groups is 1. The molecular formula is C27H21Cl2F3N4O4. The number of alkyl halides is 3. The van der Waals surface area contributed by atoms with Gasteiger partial charge in [-0.3, -0.25) is 4.90 Å². The van der Waals surface area contributed by atoms with Gasteiger partial charge in [0.15, 0.2) is 6.17 Å². The zero-order chi connectivity index (χ0) is 29.0. The quantitative estimate of drug-likeness (QED) is 0.271. The second-order valence-electron chi connectivity index (χ2n) is 9.72. The molecule has 40 heavy (non-hydrogen) atoms. The smallest absolute Gasteiger partial charge is 0.314 e. The van der Waals surface area contributed by atoms with Crippen LogP contribution in [0.3, 0.4) is 0 Å². The van der Waals surface area contributed by atoms with E-state index in [2.05, 4.69) is 0 Å². The van der Waals surface area contributed by atoms with Crippen LogP contribution >= 0.6 is 23.2 Å². The number of aromatic nitrogens is 2. The van der Waals surface area contributed by atoms with E-state index in [1.807, 2.05) is 0 Å². The van der Waals surface area contributed by atoms with Gasteiger partial charge < -0.3 is 9.42 Å². The normalized spacial score (nSPS) is 17.1. The fraction of sp³-hybridized carbons (Fsp3) is 0.222. The Balaban J connectivity index is 1.66. The molecule has 1 aliphatic heterocycles. The molecular weight excluding hydrogens is 572 g/mol. The van der Waals surface area contributed by atoms with Gasteiger partial charge in [0.1, 0.15) is 0 Å². The molecule has 1 fully saturated rings. The molecule has 4 aromatic rings. The molecule has 0 aliphatic carbocycles. The molecule has 2 heterocycles. The Morgan fingerprint density at radius 2 is 1.48 bits per heavy atom. The molecule has 8 nitrogen and oxygen atoms in total. The minimum atomic E-state index is -4.57. The lowest BCUT2D eigenvalue weighted by Crippen LogP contribution is -2.46. The molecule has 208 valence electrons. The van der Waals surface area contributed by atoms with Crippen molar-refractivity contribution < 1.29 is 22.5 Å². The van der Waals surface area contributed by atoms with Crippen LogP contribution in [-0.4, -0.2) is 25.8 Å². The lowest BCUT2D eigenvalue weighted by molar-refractivity contribution is -0.137. The summed E-state index contributed by atoms with van der Waals surface area (Å²) in [6.07, 6.45) is -5.81. The van der Waals surface area contributed by atoms with Crippen LogP contribution in [0.4, 0.5) is 23.7 Å². The summed E-state index contributed by atoms with van der Waals surface area (Å²) in [5.41, 5.74) is -2.37. The fourth-order valence-corrected chi connectivity index (χ4v) is 5.20. The van der Waals surface area contributed by atoms with E-state index in [1.54, 1.807) is 44.2 Å². The molecule has 0 bridgehead atoms. The van der Waals surface area contributed by atoms with Crippen LogP contribution in [0.1, 0.15) is 31.1 Å². The number of carbonyl (C=O) groups is 1. The summed E-state index contributed by atoms with van der Waals surface area (Å²) in [4.78, 5) is 43.0. The monoisotopic (exact) mass is 592 g/mol. The van der Waals surface area contributed by atoms with E-state index in [-0.39, 0.29) is 28.5 Å². The number of amides is 2. The number of carbonyl (C=O) groups excluding carboxylic acids is 1. The minimum Gasteiger partial charge on any atom is -0.314 e. The topological polar surface area (TPSA) is 80.7 Å². The van der Waals surface area contributed by atoms with Crippen molar-refractivity contribution in [3.8, 4) is 5.69 Å². The van der Waals surface area contributed by atoms with Gasteiger partial charge in [0.2, 0.25) is 0 Å². The largest absolute Gasteiger partial charge is 0.447 e. The molecule has 0 saturated carbocycles. The predicted molar refractivity (Wildman–Crippen MR) is 143 cm³/mol. The fourth-order valence-electron chi connectivity index (χ4n) is 4.83. The maximum Gasteiger partial charge on any atom is 0.447 e. The molecule has 3 aromatic carbocycles. The average molecular weight is 593 g/mol. The van der Waals surface area contributed by atoms with Crippen LogP contribution in [-0.2, 0) is 12.7 Å². The highest BCUT2D eigenvalue weighted by Gasteiger charge is 2.55. The minimum absolute atomic E-state index is 0.155. The van der Waals surface area contributed by atoms with Crippen molar-refractivity contribution in [2.24, 2.45) is 0 Å². The number of anilines is 1. The van der Waals surface area contributed by atoms with Crippen LogP contribution in [0.2, 0.25) is 10.0 Å². The molecule has 2 amide bonds. The van der Waals surface area contributed by atoms with Gasteiger partial charge in [0, 0.05) is 22.3 Å². The molecule has 0 unspecified atom stereocenters. The van der Waals surface area contributed by atoms with E-state index < -0.39 is 40.9 Å². The molecule has 0 radical (unpaired) electrons. The first-order valence-corrected chi connectivity index (χ1v) is 12.7. The van der Waals surface area contributed by atoms with Gasteiger partial charge in [0.05, 0.1) is 16.8 Å². The Labute approximate surface area is 235 Å². The number of benzene rings is 3. The molecule has 1 aromatic heterocycles. The summed E-state index contributed by atoms with van der Waals surface area (Å²) < 4.78 is 47.1. The van der Waals surface area contributed by atoms with E-state index in [9.17, 15) is 27.6 Å². The van der Waals surface area contributed by atoms with Crippen molar-refractivity contribution in [3.63, 3.8) is 0 Å². The first kappa shape index (κ1) is 27.6. The number of hydrogen-bond donors (Lipinski definition) is 0. The summed E-state index contributed by atoms with van der Waals surface area (Å²) in [6, 6.07) is 16.3. The summed E-state index contributed by atoms with van der Waals surface area (Å²) in [5.74, 6) is -1.02. The van der Waals surface area contributed by atoms with Gasteiger partial charge in [-0.25, -0.2) is 14.4 Å². The third kappa shape index (κ3) is 4.79.